The van der Waals surface area contributed by atoms with Gasteiger partial charge < -0.3 is 15.2 Å². The molecule has 3 heteroatoms. The summed E-state index contributed by atoms with van der Waals surface area (Å²) < 4.78 is 10.9. The Morgan fingerprint density at radius 2 is 1.63 bits per heavy atom. The van der Waals surface area contributed by atoms with Crippen LogP contribution in [0.25, 0.3) is 11.1 Å². The zero-order valence-electron chi connectivity index (χ0n) is 11.8. The molecule has 0 amide bonds. The summed E-state index contributed by atoms with van der Waals surface area (Å²) in [6.45, 7) is 4.09. The Balaban J connectivity index is 2.73. The molecule has 2 rings (SSSR count). The highest BCUT2D eigenvalue weighted by Crippen LogP contribution is 2.40. The maximum Gasteiger partial charge on any atom is 0.168 e. The van der Waals surface area contributed by atoms with Gasteiger partial charge in [0.25, 0.3) is 0 Å². The fourth-order valence-corrected chi connectivity index (χ4v) is 2.23. The van der Waals surface area contributed by atoms with Gasteiger partial charge >= 0.3 is 0 Å². The van der Waals surface area contributed by atoms with Crippen LogP contribution in [0.4, 0.5) is 5.69 Å². The highest BCUT2D eigenvalue weighted by atomic mass is 16.5. The zero-order chi connectivity index (χ0) is 14.0. The Labute approximate surface area is 114 Å². The molecule has 19 heavy (non-hydrogen) atoms. The third kappa shape index (κ3) is 2.50. The second kappa shape index (κ2) is 5.22. The summed E-state index contributed by atoms with van der Waals surface area (Å²) in [6, 6.07) is 9.93. The van der Waals surface area contributed by atoms with E-state index in [1.54, 1.807) is 14.2 Å². The molecule has 0 aliphatic rings. The molecule has 2 N–H and O–H groups in total. The molecule has 2 aromatic rings. The van der Waals surface area contributed by atoms with E-state index in [9.17, 15) is 0 Å². The smallest absolute Gasteiger partial charge is 0.168 e. The van der Waals surface area contributed by atoms with Crippen LogP contribution in [-0.4, -0.2) is 14.2 Å². The highest BCUT2D eigenvalue weighted by molar-refractivity contribution is 5.79. The van der Waals surface area contributed by atoms with Gasteiger partial charge in [0.1, 0.15) is 0 Å². The molecule has 0 aliphatic heterocycles. The monoisotopic (exact) mass is 257 g/mol. The molecular formula is C16H19NO2. The third-order valence-electron chi connectivity index (χ3n) is 3.18. The first-order chi connectivity index (χ1) is 9.06. The van der Waals surface area contributed by atoms with E-state index in [1.807, 2.05) is 31.2 Å². The fraction of sp³-hybridized carbons (Fsp3) is 0.250. The minimum atomic E-state index is 0.735. The SMILES string of the molecule is COc1cc(C)cc(-c2cc(N)ccc2C)c1OC. The van der Waals surface area contributed by atoms with Crippen molar-refractivity contribution >= 4 is 5.69 Å². The van der Waals surface area contributed by atoms with Crippen LogP contribution in [0.1, 0.15) is 11.1 Å². The lowest BCUT2D eigenvalue weighted by Gasteiger charge is -2.16. The first-order valence-electron chi connectivity index (χ1n) is 6.16. The summed E-state index contributed by atoms with van der Waals surface area (Å²) in [6.07, 6.45) is 0. The van der Waals surface area contributed by atoms with Crippen LogP contribution in [0.2, 0.25) is 0 Å². The van der Waals surface area contributed by atoms with Crippen LogP contribution in [0.5, 0.6) is 11.5 Å². The van der Waals surface area contributed by atoms with Gasteiger partial charge in [-0.2, -0.15) is 0 Å². The molecule has 0 heterocycles. The van der Waals surface area contributed by atoms with Crippen molar-refractivity contribution in [3.63, 3.8) is 0 Å². The average molecular weight is 257 g/mol. The van der Waals surface area contributed by atoms with Gasteiger partial charge in [-0.1, -0.05) is 6.07 Å². The largest absolute Gasteiger partial charge is 0.493 e. The van der Waals surface area contributed by atoms with E-state index in [2.05, 4.69) is 13.0 Å². The van der Waals surface area contributed by atoms with Crippen molar-refractivity contribution < 1.29 is 9.47 Å². The van der Waals surface area contributed by atoms with Crippen LogP contribution < -0.4 is 15.2 Å². The predicted octanol–water partition coefficient (Wildman–Crippen LogP) is 3.57. The molecular weight excluding hydrogens is 238 g/mol. The number of nitrogen functional groups attached to an aromatic ring is 1. The molecule has 3 nitrogen and oxygen atoms in total. The predicted molar refractivity (Wildman–Crippen MR) is 78.9 cm³/mol. The lowest BCUT2D eigenvalue weighted by atomic mass is 9.97. The molecule has 0 saturated heterocycles. The Kier molecular flexibility index (Phi) is 3.65. The maximum atomic E-state index is 5.89. The van der Waals surface area contributed by atoms with E-state index in [4.69, 9.17) is 15.2 Å². The molecule has 0 radical (unpaired) electrons. The number of hydrogen-bond acceptors (Lipinski definition) is 3. The highest BCUT2D eigenvalue weighted by Gasteiger charge is 2.14. The summed E-state index contributed by atoms with van der Waals surface area (Å²) in [7, 11) is 3.30. The minimum absolute atomic E-state index is 0.735. The van der Waals surface area contributed by atoms with Gasteiger partial charge in [0.15, 0.2) is 11.5 Å². The zero-order valence-corrected chi connectivity index (χ0v) is 11.8. The van der Waals surface area contributed by atoms with Crippen molar-refractivity contribution in [1.82, 2.24) is 0 Å². The number of aryl methyl sites for hydroxylation is 2. The van der Waals surface area contributed by atoms with E-state index in [-0.39, 0.29) is 0 Å². The van der Waals surface area contributed by atoms with Crippen molar-refractivity contribution in [2.45, 2.75) is 13.8 Å². The first kappa shape index (κ1) is 13.3. The van der Waals surface area contributed by atoms with E-state index < -0.39 is 0 Å². The standard InChI is InChI=1S/C16H19NO2/c1-10-7-14(16(19-4)15(8-10)18-3)13-9-12(17)6-5-11(13)2/h5-9H,17H2,1-4H3. The normalized spacial score (nSPS) is 10.3. The van der Waals surface area contributed by atoms with E-state index >= 15 is 0 Å². The van der Waals surface area contributed by atoms with Crippen molar-refractivity contribution in [3.05, 3.63) is 41.5 Å². The molecule has 0 aliphatic carbocycles. The van der Waals surface area contributed by atoms with E-state index in [0.717, 1.165) is 39.4 Å². The van der Waals surface area contributed by atoms with Crippen molar-refractivity contribution in [2.24, 2.45) is 0 Å². The molecule has 0 fully saturated rings. The molecule has 100 valence electrons. The Morgan fingerprint density at radius 3 is 2.26 bits per heavy atom. The molecule has 0 aromatic heterocycles. The van der Waals surface area contributed by atoms with Gasteiger partial charge in [0.2, 0.25) is 0 Å². The summed E-state index contributed by atoms with van der Waals surface area (Å²) >= 11 is 0. The topological polar surface area (TPSA) is 44.5 Å². The maximum absolute atomic E-state index is 5.89. The molecule has 0 spiro atoms. The summed E-state index contributed by atoms with van der Waals surface area (Å²) in [5, 5.41) is 0. The van der Waals surface area contributed by atoms with Gasteiger partial charge in [0.05, 0.1) is 14.2 Å². The minimum Gasteiger partial charge on any atom is -0.493 e. The number of benzene rings is 2. The van der Waals surface area contributed by atoms with E-state index in [1.165, 1.54) is 0 Å². The fourth-order valence-electron chi connectivity index (χ4n) is 2.23. The van der Waals surface area contributed by atoms with Gasteiger partial charge in [-0.15, -0.1) is 0 Å². The second-order valence-electron chi connectivity index (χ2n) is 4.62. The second-order valence-corrected chi connectivity index (χ2v) is 4.62. The Bertz CT molecular complexity index is 606. The average Bonchev–Trinajstić information content (AvgIpc) is 2.40. The molecule has 0 saturated carbocycles. The lowest BCUT2D eigenvalue weighted by Crippen LogP contribution is -1.96. The number of nitrogens with two attached hydrogens (primary N) is 1. The molecule has 0 unspecified atom stereocenters. The number of anilines is 1. The van der Waals surface area contributed by atoms with Gasteiger partial charge in [0, 0.05) is 11.3 Å². The van der Waals surface area contributed by atoms with Gasteiger partial charge in [-0.25, -0.2) is 0 Å². The Morgan fingerprint density at radius 1 is 0.895 bits per heavy atom. The van der Waals surface area contributed by atoms with Gasteiger partial charge in [-0.05, 0) is 54.8 Å². The van der Waals surface area contributed by atoms with Gasteiger partial charge in [-0.3, -0.25) is 0 Å². The lowest BCUT2D eigenvalue weighted by molar-refractivity contribution is 0.356. The first-order valence-corrected chi connectivity index (χ1v) is 6.16. The van der Waals surface area contributed by atoms with Crippen LogP contribution in [0.3, 0.4) is 0 Å². The summed E-state index contributed by atoms with van der Waals surface area (Å²) in [5.41, 5.74) is 11.0. The van der Waals surface area contributed by atoms with Crippen LogP contribution >= 0.6 is 0 Å². The number of methoxy groups -OCH3 is 2. The number of ether oxygens (including phenoxy) is 2. The quantitative estimate of drug-likeness (QED) is 0.855. The number of rotatable bonds is 3. The van der Waals surface area contributed by atoms with Crippen LogP contribution in [-0.2, 0) is 0 Å². The van der Waals surface area contributed by atoms with Crippen molar-refractivity contribution in [1.29, 1.82) is 0 Å². The molecule has 0 atom stereocenters. The van der Waals surface area contributed by atoms with Crippen molar-refractivity contribution in [3.8, 4) is 22.6 Å². The van der Waals surface area contributed by atoms with Crippen LogP contribution in [0.15, 0.2) is 30.3 Å². The number of hydrogen-bond donors (Lipinski definition) is 1. The van der Waals surface area contributed by atoms with Crippen molar-refractivity contribution in [2.75, 3.05) is 20.0 Å². The summed E-state index contributed by atoms with van der Waals surface area (Å²) in [5.74, 6) is 1.47. The summed E-state index contributed by atoms with van der Waals surface area (Å²) in [4.78, 5) is 0. The molecule has 0 bridgehead atoms. The Hall–Kier alpha value is -2.16. The van der Waals surface area contributed by atoms with Crippen LogP contribution in [0, 0.1) is 13.8 Å². The third-order valence-corrected chi connectivity index (χ3v) is 3.18. The van der Waals surface area contributed by atoms with E-state index in [0.29, 0.717) is 0 Å². The molecule has 2 aromatic carbocycles.